The standard InChI is InChI=1S/C48H30N2O2/c1-2-14-33(15-3-1)50-42-21-8-6-18-40(42)48-46(50)41-20-11-22-43(47(41)52-48)49(35-28-29-39-38-17-7-9-23-44(38)51-45(39)30-35)34-26-24-32(25-27-34)37-19-10-13-31-12-4-5-16-36(31)37/h1-30H. The number of aromatic nitrogens is 1. The molecular formula is C48H30N2O2. The van der Waals surface area contributed by atoms with E-state index in [9.17, 15) is 0 Å². The maximum atomic E-state index is 7.01. The van der Waals surface area contributed by atoms with Gasteiger partial charge in [0.05, 0.1) is 16.9 Å². The summed E-state index contributed by atoms with van der Waals surface area (Å²) < 4.78 is 15.8. The summed E-state index contributed by atoms with van der Waals surface area (Å²) in [6.45, 7) is 0. The topological polar surface area (TPSA) is 34.5 Å². The van der Waals surface area contributed by atoms with E-state index in [1.807, 2.05) is 12.1 Å². The predicted molar refractivity (Wildman–Crippen MR) is 215 cm³/mol. The van der Waals surface area contributed by atoms with Crippen LogP contribution in [0.5, 0.6) is 0 Å². The molecule has 0 spiro atoms. The second kappa shape index (κ2) is 11.2. The lowest BCUT2D eigenvalue weighted by Crippen LogP contribution is -2.10. The van der Waals surface area contributed by atoms with E-state index in [0.717, 1.165) is 77.7 Å². The van der Waals surface area contributed by atoms with Crippen LogP contribution in [0.3, 0.4) is 0 Å². The van der Waals surface area contributed by atoms with Gasteiger partial charge in [-0.25, -0.2) is 0 Å². The molecule has 8 aromatic carbocycles. The highest BCUT2D eigenvalue weighted by molar-refractivity contribution is 6.19. The summed E-state index contributed by atoms with van der Waals surface area (Å²) in [5, 5.41) is 6.81. The molecule has 4 nitrogen and oxygen atoms in total. The predicted octanol–water partition coefficient (Wildman–Crippen LogP) is 13.7. The minimum atomic E-state index is 0.825. The van der Waals surface area contributed by atoms with Crippen LogP contribution in [0.15, 0.2) is 191 Å². The zero-order valence-corrected chi connectivity index (χ0v) is 28.0. The van der Waals surface area contributed by atoms with Gasteiger partial charge in [0, 0.05) is 39.0 Å². The molecule has 0 saturated heterocycles. The van der Waals surface area contributed by atoms with Crippen molar-refractivity contribution in [3.63, 3.8) is 0 Å². The maximum absolute atomic E-state index is 7.01. The van der Waals surface area contributed by atoms with E-state index in [-0.39, 0.29) is 0 Å². The summed E-state index contributed by atoms with van der Waals surface area (Å²) >= 11 is 0. The minimum absolute atomic E-state index is 0.825. The van der Waals surface area contributed by atoms with E-state index in [1.165, 1.54) is 21.9 Å². The minimum Gasteiger partial charge on any atom is -0.456 e. The van der Waals surface area contributed by atoms with Gasteiger partial charge in [-0.15, -0.1) is 0 Å². The first-order valence-corrected chi connectivity index (χ1v) is 17.6. The molecule has 0 N–H and O–H groups in total. The summed E-state index contributed by atoms with van der Waals surface area (Å²) in [6, 6.07) is 64.1. The lowest BCUT2D eigenvalue weighted by Gasteiger charge is -2.26. The highest BCUT2D eigenvalue weighted by atomic mass is 16.3. The molecule has 11 rings (SSSR count). The number of benzene rings is 8. The van der Waals surface area contributed by atoms with Crippen LogP contribution < -0.4 is 4.90 Å². The quantitative estimate of drug-likeness (QED) is 0.183. The fourth-order valence-corrected chi connectivity index (χ4v) is 8.05. The molecule has 0 aliphatic rings. The van der Waals surface area contributed by atoms with Crippen LogP contribution in [0, 0.1) is 0 Å². The third-order valence-corrected chi connectivity index (χ3v) is 10.4. The van der Waals surface area contributed by atoms with E-state index in [0.29, 0.717) is 0 Å². The van der Waals surface area contributed by atoms with Crippen molar-refractivity contribution in [2.24, 2.45) is 0 Å². The second-order valence-corrected chi connectivity index (χ2v) is 13.3. The van der Waals surface area contributed by atoms with Gasteiger partial charge in [0.25, 0.3) is 0 Å². The lowest BCUT2D eigenvalue weighted by molar-refractivity contribution is 0.668. The van der Waals surface area contributed by atoms with E-state index >= 15 is 0 Å². The number of para-hydroxylation sites is 4. The van der Waals surface area contributed by atoms with E-state index in [2.05, 4.69) is 179 Å². The largest absolute Gasteiger partial charge is 0.456 e. The van der Waals surface area contributed by atoms with Crippen LogP contribution in [0.25, 0.3) is 82.5 Å². The summed E-state index contributed by atoms with van der Waals surface area (Å²) in [5.41, 5.74) is 12.0. The van der Waals surface area contributed by atoms with Crippen LogP contribution in [0.1, 0.15) is 0 Å². The van der Waals surface area contributed by atoms with Gasteiger partial charge in [-0.05, 0) is 88.6 Å². The number of hydrogen-bond donors (Lipinski definition) is 0. The molecule has 0 unspecified atom stereocenters. The van der Waals surface area contributed by atoms with Gasteiger partial charge in [0.15, 0.2) is 11.2 Å². The normalized spacial score (nSPS) is 11.8. The van der Waals surface area contributed by atoms with Crippen molar-refractivity contribution in [2.75, 3.05) is 4.90 Å². The number of furan rings is 2. The molecule has 0 amide bonds. The Morgan fingerprint density at radius 3 is 1.98 bits per heavy atom. The molecule has 52 heavy (non-hydrogen) atoms. The molecule has 0 aliphatic heterocycles. The van der Waals surface area contributed by atoms with Gasteiger partial charge >= 0.3 is 0 Å². The van der Waals surface area contributed by atoms with E-state index in [4.69, 9.17) is 8.83 Å². The van der Waals surface area contributed by atoms with Crippen molar-refractivity contribution in [1.29, 1.82) is 0 Å². The zero-order chi connectivity index (χ0) is 34.2. The SMILES string of the molecule is c1ccc(-n2c3ccccc3c3oc4c(N(c5ccc(-c6cccc7ccccc67)cc5)c5ccc6c(c5)oc5ccccc56)cccc4c32)cc1. The van der Waals surface area contributed by atoms with Crippen molar-refractivity contribution >= 4 is 82.7 Å². The van der Waals surface area contributed by atoms with E-state index < -0.39 is 0 Å². The van der Waals surface area contributed by atoms with Crippen molar-refractivity contribution in [3.8, 4) is 16.8 Å². The summed E-state index contributed by atoms with van der Waals surface area (Å²) in [5.74, 6) is 0. The molecule has 0 radical (unpaired) electrons. The molecule has 3 heterocycles. The molecule has 0 aliphatic carbocycles. The number of anilines is 3. The zero-order valence-electron chi connectivity index (χ0n) is 28.0. The average Bonchev–Trinajstić information content (AvgIpc) is 3.88. The molecule has 244 valence electrons. The molecule has 0 atom stereocenters. The average molecular weight is 667 g/mol. The Kier molecular flexibility index (Phi) is 6.22. The van der Waals surface area contributed by atoms with Gasteiger partial charge < -0.3 is 18.3 Å². The highest BCUT2D eigenvalue weighted by Crippen LogP contribution is 2.46. The third kappa shape index (κ3) is 4.28. The van der Waals surface area contributed by atoms with Crippen LogP contribution in [0.2, 0.25) is 0 Å². The van der Waals surface area contributed by atoms with Crippen molar-refractivity contribution in [1.82, 2.24) is 4.57 Å². The first-order chi connectivity index (χ1) is 25.8. The summed E-state index contributed by atoms with van der Waals surface area (Å²) in [6.07, 6.45) is 0. The molecule has 0 saturated carbocycles. The highest BCUT2D eigenvalue weighted by Gasteiger charge is 2.24. The number of nitrogens with zero attached hydrogens (tertiary/aromatic N) is 2. The van der Waals surface area contributed by atoms with Gasteiger partial charge in [-0.1, -0.05) is 109 Å². The van der Waals surface area contributed by atoms with Crippen molar-refractivity contribution in [2.45, 2.75) is 0 Å². The van der Waals surface area contributed by atoms with Crippen LogP contribution in [-0.4, -0.2) is 4.57 Å². The van der Waals surface area contributed by atoms with Gasteiger partial charge in [0.1, 0.15) is 16.7 Å². The van der Waals surface area contributed by atoms with Crippen molar-refractivity contribution < 1.29 is 8.83 Å². The van der Waals surface area contributed by atoms with Gasteiger partial charge in [-0.2, -0.15) is 0 Å². The Balaban J connectivity index is 1.15. The van der Waals surface area contributed by atoms with Crippen molar-refractivity contribution in [3.05, 3.63) is 182 Å². The van der Waals surface area contributed by atoms with Gasteiger partial charge in [-0.3, -0.25) is 0 Å². The Labute approximate surface area is 299 Å². The fraction of sp³-hybridized carbons (Fsp3) is 0. The van der Waals surface area contributed by atoms with Crippen LogP contribution in [0.4, 0.5) is 17.1 Å². The van der Waals surface area contributed by atoms with Crippen LogP contribution in [-0.2, 0) is 0 Å². The number of hydrogen-bond acceptors (Lipinski definition) is 3. The van der Waals surface area contributed by atoms with Gasteiger partial charge in [0.2, 0.25) is 0 Å². The molecule has 11 aromatic rings. The Morgan fingerprint density at radius 1 is 0.423 bits per heavy atom. The first kappa shape index (κ1) is 28.8. The molecule has 0 fully saturated rings. The Bertz CT molecular complexity index is 3120. The van der Waals surface area contributed by atoms with Crippen LogP contribution >= 0.6 is 0 Å². The molecular weight excluding hydrogens is 637 g/mol. The molecule has 3 aromatic heterocycles. The summed E-state index contributed by atoms with van der Waals surface area (Å²) in [4.78, 5) is 2.29. The monoisotopic (exact) mass is 666 g/mol. The van der Waals surface area contributed by atoms with E-state index in [1.54, 1.807) is 0 Å². The first-order valence-electron chi connectivity index (χ1n) is 17.6. The Morgan fingerprint density at radius 2 is 1.10 bits per heavy atom. The number of rotatable bonds is 5. The lowest BCUT2D eigenvalue weighted by atomic mass is 9.98. The molecule has 0 bridgehead atoms. The summed E-state index contributed by atoms with van der Waals surface area (Å²) in [7, 11) is 0. The Hall–Kier alpha value is -7.04. The fourth-order valence-electron chi connectivity index (χ4n) is 8.05. The molecule has 4 heteroatoms. The third-order valence-electron chi connectivity index (χ3n) is 10.4. The second-order valence-electron chi connectivity index (χ2n) is 13.3. The smallest absolute Gasteiger partial charge is 0.161 e. The number of fused-ring (bicyclic) bond motifs is 9. The maximum Gasteiger partial charge on any atom is 0.161 e.